The molecule has 1 aliphatic heterocycles. The molecule has 37 heavy (non-hydrogen) atoms. The van der Waals surface area contributed by atoms with Crippen molar-refractivity contribution < 1.29 is 14.4 Å². The van der Waals surface area contributed by atoms with Crippen molar-refractivity contribution in [2.75, 3.05) is 20.9 Å². The maximum atomic E-state index is 13.1. The van der Waals surface area contributed by atoms with Crippen molar-refractivity contribution in [2.45, 2.75) is 25.8 Å². The molecule has 4 N–H and O–H groups in total. The summed E-state index contributed by atoms with van der Waals surface area (Å²) in [4.78, 5) is 39.5. The van der Waals surface area contributed by atoms with Crippen LogP contribution in [0.1, 0.15) is 31.4 Å². The fraction of sp³-hybridized carbons (Fsp3) is 0.179. The lowest BCUT2D eigenvalue weighted by Gasteiger charge is -2.36. The molecule has 0 saturated carbocycles. The number of alkyl halides is 1. The van der Waals surface area contributed by atoms with Gasteiger partial charge in [0.2, 0.25) is 11.8 Å². The number of benzene rings is 3. The molecule has 3 aromatic carbocycles. The second kappa shape index (κ2) is 10.8. The third-order valence-electron chi connectivity index (χ3n) is 6.15. The molecule has 4 rings (SSSR count). The topological polar surface area (TPSA) is 105 Å². The van der Waals surface area contributed by atoms with E-state index in [-0.39, 0.29) is 18.2 Å². The van der Waals surface area contributed by atoms with E-state index in [1.807, 2.05) is 36.4 Å². The Morgan fingerprint density at radius 3 is 2.35 bits per heavy atom. The van der Waals surface area contributed by atoms with Crippen LogP contribution in [-0.4, -0.2) is 28.6 Å². The van der Waals surface area contributed by atoms with E-state index in [1.165, 1.54) is 4.90 Å². The summed E-state index contributed by atoms with van der Waals surface area (Å²) >= 11 is 9.43. The van der Waals surface area contributed by atoms with Gasteiger partial charge in [-0.15, -0.1) is 0 Å². The van der Waals surface area contributed by atoms with Crippen LogP contribution in [-0.2, 0) is 14.4 Å². The molecular formula is C28H26BrClN4O3. The zero-order valence-electron chi connectivity index (χ0n) is 20.3. The molecule has 0 aromatic heterocycles. The van der Waals surface area contributed by atoms with Gasteiger partial charge in [0.1, 0.15) is 5.54 Å². The van der Waals surface area contributed by atoms with E-state index in [2.05, 4.69) is 26.6 Å². The Morgan fingerprint density at radius 1 is 1.05 bits per heavy atom. The fourth-order valence-corrected chi connectivity index (χ4v) is 4.71. The molecule has 7 nitrogen and oxygen atoms in total. The van der Waals surface area contributed by atoms with E-state index in [4.69, 9.17) is 17.3 Å². The van der Waals surface area contributed by atoms with Crippen molar-refractivity contribution in [2.24, 2.45) is 5.73 Å². The lowest BCUT2D eigenvalue weighted by atomic mass is 9.99. The van der Waals surface area contributed by atoms with E-state index < -0.39 is 11.4 Å². The van der Waals surface area contributed by atoms with E-state index in [9.17, 15) is 14.4 Å². The van der Waals surface area contributed by atoms with Crippen LogP contribution in [0.4, 0.5) is 17.1 Å². The highest BCUT2D eigenvalue weighted by atomic mass is 79.9. The maximum Gasteiger partial charge on any atom is 0.258 e. The predicted octanol–water partition coefficient (Wildman–Crippen LogP) is 5.65. The maximum absolute atomic E-state index is 13.1. The minimum Gasteiger partial charge on any atom is -0.368 e. The van der Waals surface area contributed by atoms with Crippen LogP contribution in [0.3, 0.4) is 0 Å². The Morgan fingerprint density at radius 2 is 1.73 bits per heavy atom. The van der Waals surface area contributed by atoms with Crippen molar-refractivity contribution in [1.82, 2.24) is 0 Å². The first-order valence-corrected chi connectivity index (χ1v) is 13.1. The summed E-state index contributed by atoms with van der Waals surface area (Å²) in [5.74, 6) is -1.08. The monoisotopic (exact) mass is 580 g/mol. The van der Waals surface area contributed by atoms with Crippen molar-refractivity contribution >= 4 is 73.6 Å². The lowest BCUT2D eigenvalue weighted by Crippen LogP contribution is -2.56. The van der Waals surface area contributed by atoms with E-state index in [0.717, 1.165) is 11.1 Å². The highest BCUT2D eigenvalue weighted by Gasteiger charge is 2.37. The van der Waals surface area contributed by atoms with Crippen molar-refractivity contribution in [1.29, 1.82) is 0 Å². The number of carbonyl (C=O) groups is 3. The number of nitrogens with one attached hydrogen (secondary N) is 2. The summed E-state index contributed by atoms with van der Waals surface area (Å²) in [5.41, 5.74) is 8.95. The molecule has 0 radical (unpaired) electrons. The second-order valence-electron chi connectivity index (χ2n) is 9.02. The normalized spacial score (nSPS) is 14.0. The van der Waals surface area contributed by atoms with Gasteiger partial charge in [-0.2, -0.15) is 0 Å². The second-order valence-corrected chi connectivity index (χ2v) is 10.3. The van der Waals surface area contributed by atoms with E-state index in [1.54, 1.807) is 50.2 Å². The van der Waals surface area contributed by atoms with Gasteiger partial charge in [0.05, 0.1) is 17.0 Å². The minimum atomic E-state index is -1.22. The third-order valence-corrected chi connectivity index (χ3v) is 6.78. The summed E-state index contributed by atoms with van der Waals surface area (Å²) in [6.45, 7) is 3.24. The Bertz CT molecular complexity index is 1390. The van der Waals surface area contributed by atoms with Gasteiger partial charge in [-0.25, -0.2) is 0 Å². The number of anilines is 3. The molecule has 0 aliphatic carbocycles. The number of hydrogen-bond donors (Lipinski definition) is 3. The number of nitrogens with zero attached hydrogens (tertiary/aromatic N) is 1. The van der Waals surface area contributed by atoms with Gasteiger partial charge in [0, 0.05) is 33.7 Å². The van der Waals surface area contributed by atoms with Crippen molar-refractivity contribution in [3.63, 3.8) is 0 Å². The average Bonchev–Trinajstić information content (AvgIpc) is 3.18. The standard InChI is InChI=1S/C28H26BrClN4O3/c1-28(2,27(31)37)34(23(35)14-15-29)20-11-9-19(10-12-20)32-25(17-6-4-3-5-7-17)24-21-13-8-18(30)16-22(21)33-26(24)36/h3-13,16,32H,14-15H2,1-2H3,(H2,31,37)(H,33,36)/b25-24-. The summed E-state index contributed by atoms with van der Waals surface area (Å²) in [5, 5.41) is 7.26. The third kappa shape index (κ3) is 5.40. The van der Waals surface area contributed by atoms with Gasteiger partial charge in [-0.1, -0.05) is 63.9 Å². The first kappa shape index (κ1) is 26.4. The van der Waals surface area contributed by atoms with Gasteiger partial charge in [-0.05, 0) is 55.8 Å². The zero-order valence-corrected chi connectivity index (χ0v) is 22.7. The van der Waals surface area contributed by atoms with Crippen LogP contribution >= 0.6 is 27.5 Å². The molecular weight excluding hydrogens is 556 g/mol. The molecule has 0 spiro atoms. The highest BCUT2D eigenvalue weighted by molar-refractivity contribution is 9.09. The molecule has 0 saturated heterocycles. The van der Waals surface area contributed by atoms with Crippen LogP contribution < -0.4 is 21.3 Å². The Kier molecular flexibility index (Phi) is 7.71. The molecule has 3 aromatic rings. The van der Waals surface area contributed by atoms with Crippen LogP contribution in [0, 0.1) is 0 Å². The first-order chi connectivity index (χ1) is 17.6. The number of nitrogens with two attached hydrogens (primary N) is 1. The van der Waals surface area contributed by atoms with Gasteiger partial charge >= 0.3 is 0 Å². The first-order valence-electron chi connectivity index (χ1n) is 11.6. The van der Waals surface area contributed by atoms with Crippen molar-refractivity contribution in [3.8, 4) is 0 Å². The Labute approximate surface area is 228 Å². The zero-order chi connectivity index (χ0) is 26.7. The van der Waals surface area contributed by atoms with E-state index in [0.29, 0.717) is 38.7 Å². The molecule has 1 aliphatic rings. The molecule has 0 bridgehead atoms. The number of hydrogen-bond acceptors (Lipinski definition) is 4. The van der Waals surface area contributed by atoms with Crippen molar-refractivity contribution in [3.05, 3.63) is 88.9 Å². The number of amides is 3. The molecule has 1 heterocycles. The highest BCUT2D eigenvalue weighted by Crippen LogP contribution is 2.39. The van der Waals surface area contributed by atoms with Gasteiger partial charge < -0.3 is 16.4 Å². The van der Waals surface area contributed by atoms with Gasteiger partial charge in [0.15, 0.2) is 0 Å². The largest absolute Gasteiger partial charge is 0.368 e. The summed E-state index contributed by atoms with van der Waals surface area (Å²) < 4.78 is 0. The molecule has 3 amide bonds. The summed E-state index contributed by atoms with van der Waals surface area (Å²) in [6.07, 6.45) is 0.208. The molecule has 0 atom stereocenters. The lowest BCUT2D eigenvalue weighted by molar-refractivity contribution is -0.127. The number of fused-ring (bicyclic) bond motifs is 1. The summed E-state index contributed by atoms with van der Waals surface area (Å²) in [6, 6.07) is 21.9. The fourth-order valence-electron chi connectivity index (χ4n) is 4.20. The Hall–Kier alpha value is -3.62. The number of rotatable bonds is 8. The molecule has 0 unspecified atom stereocenters. The predicted molar refractivity (Wildman–Crippen MR) is 153 cm³/mol. The van der Waals surface area contributed by atoms with Crippen LogP contribution in [0.25, 0.3) is 11.3 Å². The number of primary amides is 1. The quantitative estimate of drug-likeness (QED) is 0.236. The van der Waals surface area contributed by atoms with E-state index >= 15 is 0 Å². The molecule has 0 fully saturated rings. The van der Waals surface area contributed by atoms with Crippen LogP contribution in [0.15, 0.2) is 72.8 Å². The smallest absolute Gasteiger partial charge is 0.258 e. The minimum absolute atomic E-state index is 0.208. The van der Waals surface area contributed by atoms with Crippen LogP contribution in [0.2, 0.25) is 5.02 Å². The number of carbonyl (C=O) groups excluding carboxylic acids is 3. The Balaban J connectivity index is 1.76. The summed E-state index contributed by atoms with van der Waals surface area (Å²) in [7, 11) is 0. The SMILES string of the molecule is CC(C)(C(N)=O)N(C(=O)CCBr)c1ccc(N/C(=C2\C(=O)Nc3cc(Cl)ccc32)c2ccccc2)cc1. The van der Waals surface area contributed by atoms with Gasteiger partial charge in [0.25, 0.3) is 5.91 Å². The molecule has 190 valence electrons. The van der Waals surface area contributed by atoms with Gasteiger partial charge in [-0.3, -0.25) is 19.3 Å². The molecule has 9 heteroatoms. The average molecular weight is 582 g/mol. The number of halogens is 2. The van der Waals surface area contributed by atoms with Crippen LogP contribution in [0.5, 0.6) is 0 Å².